The largest absolute Gasteiger partial charge is 0.508 e. The zero-order valence-corrected chi connectivity index (χ0v) is 17.4. The molecule has 2 fully saturated rings. The van der Waals surface area contributed by atoms with Gasteiger partial charge in [-0.15, -0.1) is 0 Å². The molecule has 0 bridgehead atoms. The van der Waals surface area contributed by atoms with E-state index in [1.165, 1.54) is 17.5 Å². The van der Waals surface area contributed by atoms with Gasteiger partial charge in [-0.3, -0.25) is 0 Å². The summed E-state index contributed by atoms with van der Waals surface area (Å²) in [5.74, 6) is 2.11. The molecular weight excluding hydrogens is 362 g/mol. The molecule has 5 atom stereocenters. The highest BCUT2D eigenvalue weighted by molar-refractivity contribution is 5.89. The van der Waals surface area contributed by atoms with Gasteiger partial charge in [0.15, 0.2) is 0 Å². The van der Waals surface area contributed by atoms with Crippen LogP contribution in [0.25, 0.3) is 0 Å². The quantitative estimate of drug-likeness (QED) is 0.727. The van der Waals surface area contributed by atoms with Crippen molar-refractivity contribution in [1.82, 2.24) is 4.90 Å². The van der Waals surface area contributed by atoms with Gasteiger partial charge in [0, 0.05) is 25.1 Å². The van der Waals surface area contributed by atoms with E-state index in [4.69, 9.17) is 4.74 Å². The molecule has 154 valence electrons. The number of phenols is 1. The second-order valence-electron chi connectivity index (χ2n) is 9.72. The lowest BCUT2D eigenvalue weighted by Crippen LogP contribution is -2.45. The molecule has 29 heavy (non-hydrogen) atoms. The number of phenolic OH excluding ortho intramolecular Hbond substituents is 1. The monoisotopic (exact) mass is 393 g/mol. The van der Waals surface area contributed by atoms with Crippen molar-refractivity contribution in [1.29, 1.82) is 0 Å². The summed E-state index contributed by atoms with van der Waals surface area (Å²) in [6.07, 6.45) is 13.2. The summed E-state index contributed by atoms with van der Waals surface area (Å²) in [5, 5.41) is 9.86. The first-order chi connectivity index (χ1) is 14.0. The Morgan fingerprint density at radius 2 is 2.10 bits per heavy atom. The molecule has 0 amide bonds. The standard InChI is InChI=1S/C25H31NO3/c1-25-12-11-20-19-8-6-18(27)14-16(19)5-7-21(20)22(25)9-10-23(25)29-24(28)17-4-3-13-26(2)15-17/h3,6,8,13-15,20-23,27H,4-5,7,9-12H2,1-2H3/t20-,21-,22+,23+,25+/m1/s1. The Balaban J connectivity index is 1.34. The number of benzene rings is 1. The summed E-state index contributed by atoms with van der Waals surface area (Å²) >= 11 is 0. The number of aromatic hydroxyl groups is 1. The number of carbonyl (C=O) groups excluding carboxylic acids is 1. The van der Waals surface area contributed by atoms with E-state index in [9.17, 15) is 9.90 Å². The number of hydrogen-bond acceptors (Lipinski definition) is 4. The maximum absolute atomic E-state index is 12.8. The van der Waals surface area contributed by atoms with Crippen LogP contribution in [0.3, 0.4) is 0 Å². The van der Waals surface area contributed by atoms with Crippen molar-refractivity contribution in [2.75, 3.05) is 7.05 Å². The summed E-state index contributed by atoms with van der Waals surface area (Å²) in [7, 11) is 1.94. The number of carbonyl (C=O) groups is 1. The van der Waals surface area contributed by atoms with E-state index < -0.39 is 0 Å². The normalized spacial score (nSPS) is 35.4. The van der Waals surface area contributed by atoms with Gasteiger partial charge in [-0.05, 0) is 85.7 Å². The number of allylic oxidation sites excluding steroid dienone is 1. The third-order valence-corrected chi connectivity index (χ3v) is 8.17. The number of ether oxygens (including phenoxy) is 1. The van der Waals surface area contributed by atoms with Crippen LogP contribution in [0.5, 0.6) is 5.75 Å². The number of aryl methyl sites for hydroxylation is 1. The molecule has 1 aromatic carbocycles. The number of nitrogens with zero attached hydrogens (tertiary/aromatic N) is 1. The van der Waals surface area contributed by atoms with Crippen LogP contribution in [-0.4, -0.2) is 29.1 Å². The van der Waals surface area contributed by atoms with Crippen LogP contribution in [0.2, 0.25) is 0 Å². The Labute approximate surface area is 173 Å². The van der Waals surface area contributed by atoms with Gasteiger partial charge in [0.25, 0.3) is 0 Å². The molecule has 3 aliphatic carbocycles. The highest BCUT2D eigenvalue weighted by atomic mass is 16.5. The van der Waals surface area contributed by atoms with Gasteiger partial charge in [0.1, 0.15) is 11.9 Å². The van der Waals surface area contributed by atoms with Crippen molar-refractivity contribution in [3.8, 4) is 5.75 Å². The van der Waals surface area contributed by atoms with Crippen LogP contribution in [0.15, 0.2) is 42.2 Å². The lowest BCUT2D eigenvalue weighted by Gasteiger charge is -2.50. The van der Waals surface area contributed by atoms with E-state index in [1.807, 2.05) is 42.6 Å². The zero-order chi connectivity index (χ0) is 20.2. The fraction of sp³-hybridized carbons (Fsp3) is 0.560. The van der Waals surface area contributed by atoms with E-state index in [0.29, 0.717) is 29.9 Å². The van der Waals surface area contributed by atoms with Crippen LogP contribution in [0, 0.1) is 17.3 Å². The van der Waals surface area contributed by atoms with Crippen LogP contribution < -0.4 is 0 Å². The molecule has 5 rings (SSSR count). The molecular formula is C25H31NO3. The lowest BCUT2D eigenvalue weighted by molar-refractivity contribution is -0.153. The van der Waals surface area contributed by atoms with E-state index in [1.54, 1.807) is 0 Å². The lowest BCUT2D eigenvalue weighted by atomic mass is 9.55. The first kappa shape index (κ1) is 18.8. The molecule has 1 heterocycles. The van der Waals surface area contributed by atoms with E-state index in [-0.39, 0.29) is 17.5 Å². The summed E-state index contributed by atoms with van der Waals surface area (Å²) < 4.78 is 6.14. The average Bonchev–Trinajstić information content (AvgIpc) is 3.04. The highest BCUT2D eigenvalue weighted by Gasteiger charge is 2.56. The van der Waals surface area contributed by atoms with Crippen molar-refractivity contribution < 1.29 is 14.6 Å². The number of fused-ring (bicyclic) bond motifs is 5. The Morgan fingerprint density at radius 1 is 1.24 bits per heavy atom. The minimum Gasteiger partial charge on any atom is -0.508 e. The summed E-state index contributed by atoms with van der Waals surface area (Å²) in [4.78, 5) is 14.7. The van der Waals surface area contributed by atoms with Crippen molar-refractivity contribution >= 4 is 5.97 Å². The Bertz CT molecular complexity index is 888. The number of rotatable bonds is 2. The molecule has 4 heteroatoms. The van der Waals surface area contributed by atoms with Gasteiger partial charge in [-0.1, -0.05) is 19.1 Å². The molecule has 4 aliphatic rings. The van der Waals surface area contributed by atoms with Crippen LogP contribution in [0.1, 0.15) is 62.5 Å². The van der Waals surface area contributed by atoms with Crippen LogP contribution in [0.4, 0.5) is 0 Å². The Morgan fingerprint density at radius 3 is 2.93 bits per heavy atom. The molecule has 4 nitrogen and oxygen atoms in total. The van der Waals surface area contributed by atoms with Crippen LogP contribution >= 0.6 is 0 Å². The first-order valence-electron chi connectivity index (χ1n) is 11.1. The molecule has 0 spiro atoms. The van der Waals surface area contributed by atoms with Gasteiger partial charge in [-0.2, -0.15) is 0 Å². The zero-order valence-electron chi connectivity index (χ0n) is 17.4. The van der Waals surface area contributed by atoms with Gasteiger partial charge < -0.3 is 14.7 Å². The van der Waals surface area contributed by atoms with Gasteiger partial charge in [0.2, 0.25) is 0 Å². The van der Waals surface area contributed by atoms with Gasteiger partial charge in [-0.25, -0.2) is 4.79 Å². The third-order valence-electron chi connectivity index (χ3n) is 8.17. The predicted molar refractivity (Wildman–Crippen MR) is 112 cm³/mol. The molecule has 1 N–H and O–H groups in total. The van der Waals surface area contributed by atoms with E-state index in [2.05, 4.69) is 13.0 Å². The van der Waals surface area contributed by atoms with Crippen molar-refractivity contribution in [3.05, 3.63) is 53.4 Å². The number of hydrogen-bond donors (Lipinski definition) is 1. The van der Waals surface area contributed by atoms with Gasteiger partial charge in [0.05, 0.1) is 5.57 Å². The second-order valence-corrected chi connectivity index (χ2v) is 9.72. The van der Waals surface area contributed by atoms with Crippen molar-refractivity contribution in [2.45, 2.75) is 63.9 Å². The molecule has 1 aromatic rings. The molecule has 0 aromatic heterocycles. The van der Waals surface area contributed by atoms with E-state index >= 15 is 0 Å². The summed E-state index contributed by atoms with van der Waals surface area (Å²) in [5.41, 5.74) is 3.62. The average molecular weight is 394 g/mol. The minimum absolute atomic E-state index is 0.0271. The first-order valence-corrected chi connectivity index (χ1v) is 11.1. The Hall–Kier alpha value is -2.23. The maximum Gasteiger partial charge on any atom is 0.336 e. The van der Waals surface area contributed by atoms with Gasteiger partial charge >= 0.3 is 5.97 Å². The molecule has 0 unspecified atom stereocenters. The van der Waals surface area contributed by atoms with Crippen LogP contribution in [-0.2, 0) is 16.0 Å². The molecule has 1 aliphatic heterocycles. The smallest absolute Gasteiger partial charge is 0.336 e. The molecule has 0 radical (unpaired) electrons. The summed E-state index contributed by atoms with van der Waals surface area (Å²) in [6.45, 7) is 2.37. The summed E-state index contributed by atoms with van der Waals surface area (Å²) in [6, 6.07) is 5.95. The molecule has 2 saturated carbocycles. The predicted octanol–water partition coefficient (Wildman–Crippen LogP) is 4.89. The maximum atomic E-state index is 12.8. The number of esters is 1. The highest BCUT2D eigenvalue weighted by Crippen LogP contribution is 2.61. The van der Waals surface area contributed by atoms with Crippen molar-refractivity contribution in [3.63, 3.8) is 0 Å². The van der Waals surface area contributed by atoms with E-state index in [0.717, 1.165) is 37.7 Å². The van der Waals surface area contributed by atoms with Crippen molar-refractivity contribution in [2.24, 2.45) is 17.3 Å². The molecule has 0 saturated heterocycles. The Kier molecular flexibility index (Phi) is 4.49. The fourth-order valence-corrected chi connectivity index (χ4v) is 6.74. The second kappa shape index (κ2) is 6.93. The third kappa shape index (κ3) is 3.08. The SMILES string of the molecule is CN1C=CCC(C(=O)O[C@H]2CC[C@H]3[C@@H]4CCc5cc(O)ccc5[C@H]4CC[C@]23C)=C1. The minimum atomic E-state index is -0.139. The topological polar surface area (TPSA) is 49.8 Å². The fourth-order valence-electron chi connectivity index (χ4n) is 6.74.